The zero-order chi connectivity index (χ0) is 7.84. The quantitative estimate of drug-likeness (QED) is 0.520. The number of hydrogen-bond donors (Lipinski definition) is 1. The molecule has 0 amide bonds. The van der Waals surface area contributed by atoms with Crippen LogP contribution in [0.5, 0.6) is 0 Å². The third-order valence-electron chi connectivity index (χ3n) is 1.66. The van der Waals surface area contributed by atoms with Crippen LogP contribution < -0.4 is 5.73 Å². The number of fused-ring (bicyclic) bond motifs is 1. The fourth-order valence-electron chi connectivity index (χ4n) is 1.19. The number of nitrogen functional groups attached to an aromatic ring is 1. The van der Waals surface area contributed by atoms with E-state index in [1.165, 1.54) is 14.1 Å². The molecule has 0 saturated heterocycles. The Bertz CT molecular complexity index is 389. The Balaban J connectivity index is 2.82. The molecule has 0 aliphatic carbocycles. The SMILES string of the molecule is Cc1cc2cc(N)ccc2[se]1. The van der Waals surface area contributed by atoms with Crippen LogP contribution in [0.2, 0.25) is 0 Å². The van der Waals surface area contributed by atoms with Crippen molar-refractivity contribution in [3.05, 3.63) is 28.7 Å². The molecule has 0 unspecified atom stereocenters. The standard InChI is InChI=1S/C9H9NSe/c1-6-4-7-5-8(10)2-3-9(7)11-6/h2-5H,10H2,1H3. The van der Waals surface area contributed by atoms with Gasteiger partial charge in [-0.3, -0.25) is 0 Å². The zero-order valence-electron chi connectivity index (χ0n) is 6.29. The Hall–Kier alpha value is -0.721. The molecule has 0 bridgehead atoms. The number of benzene rings is 1. The number of anilines is 1. The third kappa shape index (κ3) is 1.20. The van der Waals surface area contributed by atoms with Crippen LogP contribution >= 0.6 is 0 Å². The Kier molecular flexibility index (Phi) is 1.52. The Morgan fingerprint density at radius 1 is 1.27 bits per heavy atom. The summed E-state index contributed by atoms with van der Waals surface area (Å²) >= 11 is 0.559. The summed E-state index contributed by atoms with van der Waals surface area (Å²) in [5.41, 5.74) is 6.52. The molecular formula is C9H9NSe. The van der Waals surface area contributed by atoms with E-state index in [1.54, 1.807) is 0 Å². The summed E-state index contributed by atoms with van der Waals surface area (Å²) in [4.78, 5) is 0. The Morgan fingerprint density at radius 2 is 2.09 bits per heavy atom. The fourth-order valence-corrected chi connectivity index (χ4v) is 3.09. The second-order valence-electron chi connectivity index (χ2n) is 2.65. The minimum absolute atomic E-state index is 0.559. The summed E-state index contributed by atoms with van der Waals surface area (Å²) in [5, 5.41) is 1.32. The van der Waals surface area contributed by atoms with Gasteiger partial charge in [-0.1, -0.05) is 0 Å². The summed E-state index contributed by atoms with van der Waals surface area (Å²) in [6.45, 7) is 2.18. The van der Waals surface area contributed by atoms with Crippen LogP contribution in [0, 0.1) is 6.92 Å². The number of nitrogens with two attached hydrogens (primary N) is 1. The van der Waals surface area contributed by atoms with E-state index in [9.17, 15) is 0 Å². The predicted molar refractivity (Wildman–Crippen MR) is 50.0 cm³/mol. The van der Waals surface area contributed by atoms with Crippen molar-refractivity contribution in [2.75, 3.05) is 5.73 Å². The van der Waals surface area contributed by atoms with Gasteiger partial charge in [0, 0.05) is 0 Å². The van der Waals surface area contributed by atoms with Crippen molar-refractivity contribution < 1.29 is 0 Å². The van der Waals surface area contributed by atoms with E-state index >= 15 is 0 Å². The summed E-state index contributed by atoms with van der Waals surface area (Å²) in [6.07, 6.45) is 0. The topological polar surface area (TPSA) is 26.0 Å². The first kappa shape index (κ1) is 6.96. The molecule has 2 rings (SSSR count). The normalized spacial score (nSPS) is 10.6. The van der Waals surface area contributed by atoms with Gasteiger partial charge < -0.3 is 0 Å². The van der Waals surface area contributed by atoms with E-state index in [1.807, 2.05) is 12.1 Å². The second-order valence-corrected chi connectivity index (χ2v) is 5.36. The summed E-state index contributed by atoms with van der Waals surface area (Å²) in [5.74, 6) is 0. The molecule has 0 aliphatic heterocycles. The van der Waals surface area contributed by atoms with Gasteiger partial charge in [-0.05, 0) is 0 Å². The van der Waals surface area contributed by atoms with Gasteiger partial charge >= 0.3 is 71.2 Å². The van der Waals surface area contributed by atoms with Crippen molar-refractivity contribution in [1.82, 2.24) is 0 Å². The van der Waals surface area contributed by atoms with Crippen LogP contribution in [0.1, 0.15) is 4.44 Å². The first-order chi connectivity index (χ1) is 5.25. The molecule has 56 valence electrons. The fraction of sp³-hybridized carbons (Fsp3) is 0.111. The van der Waals surface area contributed by atoms with Crippen molar-refractivity contribution in [2.45, 2.75) is 6.92 Å². The van der Waals surface area contributed by atoms with Gasteiger partial charge in [-0.2, -0.15) is 0 Å². The van der Waals surface area contributed by atoms with Crippen LogP contribution in [0.25, 0.3) is 9.65 Å². The molecule has 1 aromatic carbocycles. The number of rotatable bonds is 0. The molecular weight excluding hydrogens is 201 g/mol. The van der Waals surface area contributed by atoms with Gasteiger partial charge in [-0.15, -0.1) is 0 Å². The van der Waals surface area contributed by atoms with Crippen LogP contribution in [-0.2, 0) is 0 Å². The number of aryl methyl sites for hydroxylation is 1. The molecule has 0 aliphatic rings. The third-order valence-corrected chi connectivity index (χ3v) is 3.83. The monoisotopic (exact) mass is 211 g/mol. The van der Waals surface area contributed by atoms with E-state index < -0.39 is 0 Å². The number of hydrogen-bond acceptors (Lipinski definition) is 1. The molecule has 2 aromatic rings. The van der Waals surface area contributed by atoms with E-state index in [2.05, 4.69) is 19.1 Å². The van der Waals surface area contributed by atoms with Gasteiger partial charge in [0.1, 0.15) is 0 Å². The molecule has 0 radical (unpaired) electrons. The molecule has 2 N–H and O–H groups in total. The molecule has 0 fully saturated rings. The van der Waals surface area contributed by atoms with Crippen molar-refractivity contribution in [3.63, 3.8) is 0 Å². The van der Waals surface area contributed by atoms with E-state index in [4.69, 9.17) is 5.73 Å². The van der Waals surface area contributed by atoms with Crippen LogP contribution in [0.15, 0.2) is 24.3 Å². The van der Waals surface area contributed by atoms with Crippen molar-refractivity contribution in [3.8, 4) is 0 Å². The maximum absolute atomic E-state index is 5.65. The molecule has 1 aromatic heterocycles. The zero-order valence-corrected chi connectivity index (χ0v) is 8.01. The summed E-state index contributed by atoms with van der Waals surface area (Å²) in [6, 6.07) is 8.39. The summed E-state index contributed by atoms with van der Waals surface area (Å²) < 4.78 is 2.95. The molecule has 1 nitrogen and oxygen atoms in total. The van der Waals surface area contributed by atoms with Crippen LogP contribution in [-0.4, -0.2) is 14.5 Å². The molecule has 2 heteroatoms. The molecule has 1 heterocycles. The van der Waals surface area contributed by atoms with Crippen molar-refractivity contribution in [1.29, 1.82) is 0 Å². The Morgan fingerprint density at radius 3 is 2.91 bits per heavy atom. The molecule has 0 atom stereocenters. The average molecular weight is 210 g/mol. The predicted octanol–water partition coefficient (Wildman–Crippen LogP) is 1.79. The second kappa shape index (κ2) is 2.40. The minimum atomic E-state index is 0.559. The molecule has 0 spiro atoms. The van der Waals surface area contributed by atoms with Gasteiger partial charge in [-0.25, -0.2) is 0 Å². The first-order valence-corrected chi connectivity index (χ1v) is 5.23. The van der Waals surface area contributed by atoms with Crippen molar-refractivity contribution in [2.24, 2.45) is 0 Å². The van der Waals surface area contributed by atoms with Gasteiger partial charge in [0.2, 0.25) is 0 Å². The average Bonchev–Trinajstić information content (AvgIpc) is 2.27. The van der Waals surface area contributed by atoms with E-state index in [0.29, 0.717) is 14.5 Å². The van der Waals surface area contributed by atoms with E-state index in [0.717, 1.165) is 5.69 Å². The molecule has 0 saturated carbocycles. The van der Waals surface area contributed by atoms with Crippen LogP contribution in [0.4, 0.5) is 5.69 Å². The van der Waals surface area contributed by atoms with Gasteiger partial charge in [0.15, 0.2) is 0 Å². The van der Waals surface area contributed by atoms with Gasteiger partial charge in [0.25, 0.3) is 0 Å². The van der Waals surface area contributed by atoms with Crippen LogP contribution in [0.3, 0.4) is 0 Å². The van der Waals surface area contributed by atoms with Crippen molar-refractivity contribution >= 4 is 29.8 Å². The summed E-state index contributed by atoms with van der Waals surface area (Å²) in [7, 11) is 0. The maximum atomic E-state index is 5.65. The first-order valence-electron chi connectivity index (χ1n) is 3.51. The Labute approximate surface area is 71.6 Å². The van der Waals surface area contributed by atoms with Gasteiger partial charge in [0.05, 0.1) is 0 Å². The molecule has 11 heavy (non-hydrogen) atoms. The van der Waals surface area contributed by atoms with E-state index in [-0.39, 0.29) is 0 Å².